The number of imide groups is 1. The van der Waals surface area contributed by atoms with Crippen LogP contribution in [0.3, 0.4) is 0 Å². The van der Waals surface area contributed by atoms with E-state index in [1.165, 1.54) is 24.3 Å². The minimum absolute atomic E-state index is 0.00996. The lowest BCUT2D eigenvalue weighted by Gasteiger charge is -2.37. The average molecular weight is 390 g/mol. The number of halogens is 3. The summed E-state index contributed by atoms with van der Waals surface area (Å²) in [5, 5.41) is 0. The molecular formula is C20H17F3N2O3. The third-order valence-electron chi connectivity index (χ3n) is 6.59. The maximum absolute atomic E-state index is 13.2. The van der Waals surface area contributed by atoms with E-state index in [-0.39, 0.29) is 17.5 Å². The van der Waals surface area contributed by atoms with Gasteiger partial charge in [0, 0.05) is 5.69 Å². The Kier molecular flexibility index (Phi) is 3.54. The summed E-state index contributed by atoms with van der Waals surface area (Å²) >= 11 is 0. The van der Waals surface area contributed by atoms with Gasteiger partial charge in [0.15, 0.2) is 0 Å². The molecule has 0 spiro atoms. The van der Waals surface area contributed by atoms with Gasteiger partial charge >= 0.3 is 12.1 Å². The Balaban J connectivity index is 1.46. The van der Waals surface area contributed by atoms with Crippen LogP contribution >= 0.6 is 0 Å². The molecule has 0 N–H and O–H groups in total. The molecule has 5 aliphatic rings. The summed E-state index contributed by atoms with van der Waals surface area (Å²) in [7, 11) is 0. The van der Waals surface area contributed by atoms with E-state index in [9.17, 15) is 27.6 Å². The van der Waals surface area contributed by atoms with E-state index < -0.39 is 42.4 Å². The molecule has 1 aromatic carbocycles. The third kappa shape index (κ3) is 2.36. The van der Waals surface area contributed by atoms with Crippen LogP contribution in [0.1, 0.15) is 6.42 Å². The van der Waals surface area contributed by atoms with Crippen LogP contribution in [0.5, 0.6) is 0 Å². The number of carbonyl (C=O) groups is 3. The van der Waals surface area contributed by atoms with Crippen molar-refractivity contribution in [3.63, 3.8) is 0 Å². The lowest BCUT2D eigenvalue weighted by Crippen LogP contribution is -2.49. The van der Waals surface area contributed by atoms with Gasteiger partial charge in [-0.1, -0.05) is 30.4 Å². The summed E-state index contributed by atoms with van der Waals surface area (Å²) in [5.74, 6) is -3.29. The van der Waals surface area contributed by atoms with Crippen LogP contribution in [-0.4, -0.2) is 35.5 Å². The second kappa shape index (κ2) is 5.68. The van der Waals surface area contributed by atoms with Crippen LogP contribution in [-0.2, 0) is 14.4 Å². The molecule has 28 heavy (non-hydrogen) atoms. The number of benzene rings is 1. The highest BCUT2D eigenvalue weighted by Gasteiger charge is 2.67. The molecule has 6 atom stereocenters. The van der Waals surface area contributed by atoms with Crippen LogP contribution in [0.4, 0.5) is 18.9 Å². The van der Waals surface area contributed by atoms with Crippen molar-refractivity contribution in [3.8, 4) is 0 Å². The second-order valence-electron chi connectivity index (χ2n) is 7.97. The molecule has 1 saturated heterocycles. The van der Waals surface area contributed by atoms with Gasteiger partial charge in [-0.05, 0) is 42.2 Å². The Morgan fingerprint density at radius 3 is 2.04 bits per heavy atom. The minimum Gasteiger partial charge on any atom is -0.286 e. The first-order valence-electron chi connectivity index (χ1n) is 9.26. The van der Waals surface area contributed by atoms with Crippen molar-refractivity contribution in [3.05, 3.63) is 42.5 Å². The molecule has 0 radical (unpaired) electrons. The van der Waals surface area contributed by atoms with Crippen LogP contribution in [0.15, 0.2) is 42.5 Å². The number of anilines is 1. The normalized spacial score (nSPS) is 35.0. The number of hydrogen-bond acceptors (Lipinski definition) is 3. The zero-order valence-corrected chi connectivity index (χ0v) is 14.7. The van der Waals surface area contributed by atoms with Gasteiger partial charge < -0.3 is 0 Å². The smallest absolute Gasteiger partial charge is 0.286 e. The van der Waals surface area contributed by atoms with Crippen molar-refractivity contribution in [1.29, 1.82) is 0 Å². The molecule has 0 unspecified atom stereocenters. The highest BCUT2D eigenvalue weighted by molar-refractivity contribution is 6.07. The zero-order valence-electron chi connectivity index (χ0n) is 14.7. The number of carbonyl (C=O) groups excluding carboxylic acids is 3. The highest BCUT2D eigenvalue weighted by atomic mass is 19.4. The summed E-state index contributed by atoms with van der Waals surface area (Å²) in [5.41, 5.74) is -0.00996. The van der Waals surface area contributed by atoms with E-state index in [2.05, 4.69) is 0 Å². The monoisotopic (exact) mass is 390 g/mol. The molecule has 3 amide bonds. The van der Waals surface area contributed by atoms with Crippen molar-refractivity contribution < 1.29 is 27.6 Å². The van der Waals surface area contributed by atoms with Gasteiger partial charge in [-0.25, -0.2) is 0 Å². The first-order valence-corrected chi connectivity index (χ1v) is 9.26. The number of alkyl halides is 3. The lowest BCUT2D eigenvalue weighted by atomic mass is 9.63. The average Bonchev–Trinajstić information content (AvgIpc) is 3.45. The number of hydrogen-bond donors (Lipinski definition) is 0. The lowest BCUT2D eigenvalue weighted by molar-refractivity contribution is -0.171. The summed E-state index contributed by atoms with van der Waals surface area (Å²) < 4.78 is 39.5. The second-order valence-corrected chi connectivity index (χ2v) is 7.97. The maximum atomic E-state index is 13.2. The fraction of sp³-hybridized carbons (Fsp3) is 0.450. The summed E-state index contributed by atoms with van der Waals surface area (Å²) in [6.45, 7) is -0.720. The van der Waals surface area contributed by atoms with Gasteiger partial charge in [-0.3, -0.25) is 24.2 Å². The standard InChI is InChI=1S/C20H17F3N2O3/c21-20(22,23)19(28)24(10-4-2-1-3-5-10)9-25-17(26)15-11-6-7-12(14-8-13(11)14)16(15)18(25)27/h1-7,11-16H,8-9H2/t11-,12-,13-,14-,15+,16+/m0/s1. The highest BCUT2D eigenvalue weighted by Crippen LogP contribution is 2.65. The van der Waals surface area contributed by atoms with Crippen molar-refractivity contribution in [1.82, 2.24) is 4.90 Å². The SMILES string of the molecule is O=C1[C@@H]2[C@H]3C=C[C@@H]([C@@H]4C[C@@H]34)[C@H]2C(=O)N1CN(C(=O)C(F)(F)F)c1ccccc1. The van der Waals surface area contributed by atoms with Gasteiger partial charge in [0.2, 0.25) is 11.8 Å². The van der Waals surface area contributed by atoms with Crippen molar-refractivity contribution in [2.24, 2.45) is 35.5 Å². The number of amides is 3. The molecule has 2 saturated carbocycles. The molecule has 6 rings (SSSR count). The zero-order chi connectivity index (χ0) is 19.8. The predicted molar refractivity (Wildman–Crippen MR) is 91.4 cm³/mol. The van der Waals surface area contributed by atoms with E-state index in [0.29, 0.717) is 16.7 Å². The summed E-state index contributed by atoms with van der Waals surface area (Å²) in [6.07, 6.45) is -0.135. The molecule has 8 heteroatoms. The number of para-hydroxylation sites is 1. The van der Waals surface area contributed by atoms with E-state index in [1.807, 2.05) is 12.2 Å². The maximum Gasteiger partial charge on any atom is 0.471 e. The van der Waals surface area contributed by atoms with Crippen LogP contribution in [0, 0.1) is 35.5 Å². The Hall–Kier alpha value is -2.64. The van der Waals surface area contributed by atoms with Gasteiger partial charge in [0.1, 0.15) is 6.67 Å². The van der Waals surface area contributed by atoms with Crippen molar-refractivity contribution >= 4 is 23.4 Å². The predicted octanol–water partition coefficient (Wildman–Crippen LogP) is 2.59. The van der Waals surface area contributed by atoms with Crippen LogP contribution in [0.25, 0.3) is 0 Å². The van der Waals surface area contributed by atoms with Crippen molar-refractivity contribution in [2.45, 2.75) is 12.6 Å². The van der Waals surface area contributed by atoms with Gasteiger partial charge in [-0.15, -0.1) is 0 Å². The molecule has 4 aliphatic carbocycles. The first kappa shape index (κ1) is 17.5. The quantitative estimate of drug-likeness (QED) is 0.589. The Labute approximate surface area is 158 Å². The number of rotatable bonds is 3. The van der Waals surface area contributed by atoms with Crippen molar-refractivity contribution in [2.75, 3.05) is 11.6 Å². The molecule has 5 nitrogen and oxygen atoms in total. The number of allylic oxidation sites excluding steroid dienone is 2. The minimum atomic E-state index is -5.11. The largest absolute Gasteiger partial charge is 0.471 e. The molecular weight excluding hydrogens is 373 g/mol. The van der Waals surface area contributed by atoms with E-state index in [4.69, 9.17) is 0 Å². The Morgan fingerprint density at radius 2 is 1.54 bits per heavy atom. The summed E-state index contributed by atoms with van der Waals surface area (Å²) in [4.78, 5) is 39.3. The molecule has 1 aliphatic heterocycles. The van der Waals surface area contributed by atoms with E-state index in [1.54, 1.807) is 6.07 Å². The Bertz CT molecular complexity index is 862. The number of nitrogens with zero attached hydrogens (tertiary/aromatic N) is 2. The molecule has 0 aromatic heterocycles. The summed E-state index contributed by atoms with van der Waals surface area (Å²) in [6, 6.07) is 7.30. The van der Waals surface area contributed by atoms with Gasteiger partial charge in [0.05, 0.1) is 11.8 Å². The molecule has 146 valence electrons. The number of likely N-dealkylation sites (tertiary alicyclic amines) is 1. The fourth-order valence-corrected chi connectivity index (χ4v) is 5.32. The van der Waals surface area contributed by atoms with Gasteiger partial charge in [-0.2, -0.15) is 13.2 Å². The molecule has 1 aromatic rings. The van der Waals surface area contributed by atoms with Crippen LogP contribution < -0.4 is 4.90 Å². The molecule has 3 fully saturated rings. The fourth-order valence-electron chi connectivity index (χ4n) is 5.32. The van der Waals surface area contributed by atoms with E-state index in [0.717, 1.165) is 11.3 Å². The Morgan fingerprint density at radius 1 is 1.00 bits per heavy atom. The molecule has 1 heterocycles. The van der Waals surface area contributed by atoms with E-state index >= 15 is 0 Å². The molecule has 2 bridgehead atoms. The topological polar surface area (TPSA) is 57.7 Å². The third-order valence-corrected chi connectivity index (χ3v) is 6.59. The van der Waals surface area contributed by atoms with Gasteiger partial charge in [0.25, 0.3) is 0 Å². The first-order chi connectivity index (χ1) is 13.3. The van der Waals surface area contributed by atoms with Crippen LogP contribution in [0.2, 0.25) is 0 Å².